The van der Waals surface area contributed by atoms with Crippen LogP contribution in [0.4, 0.5) is 4.79 Å². The van der Waals surface area contributed by atoms with Crippen LogP contribution in [-0.4, -0.2) is 30.3 Å². The molecule has 0 aromatic heterocycles. The number of amides is 1. The Labute approximate surface area is 192 Å². The highest BCUT2D eigenvalue weighted by Crippen LogP contribution is 2.29. The van der Waals surface area contributed by atoms with Crippen LogP contribution < -0.4 is 14.8 Å². The van der Waals surface area contributed by atoms with Crippen LogP contribution in [0.15, 0.2) is 84.9 Å². The number of hydrogen-bond donors (Lipinski definition) is 2. The molecule has 170 valence electrons. The average molecular weight is 447 g/mol. The molecule has 33 heavy (non-hydrogen) atoms. The fraction of sp³-hybridized carbons (Fsp3) is 0.154. The van der Waals surface area contributed by atoms with E-state index in [1.807, 2.05) is 60.7 Å². The van der Waals surface area contributed by atoms with Gasteiger partial charge in [0.1, 0.15) is 19.8 Å². The Bertz CT molecular complexity index is 1070. The van der Waals surface area contributed by atoms with Crippen molar-refractivity contribution in [2.24, 2.45) is 0 Å². The average Bonchev–Trinajstić information content (AvgIpc) is 2.84. The highest BCUT2D eigenvalue weighted by molar-refractivity contribution is 5.85. The Hall–Kier alpha value is -4.26. The standard InChI is InChI=1S/C26H25NO6/c28-25(29)14-12-20-11-13-23(32-18-21-7-3-1-4-8-21)24(17-20)31-16-15-27-26(30)33-19-22-9-5-2-6-10-22/h1-14,17H,15-16,18-19H2,(H,27,30)(H,28,29)/b14-12+. The zero-order chi connectivity index (χ0) is 23.3. The quantitative estimate of drug-likeness (QED) is 0.328. The van der Waals surface area contributed by atoms with Crippen molar-refractivity contribution in [3.63, 3.8) is 0 Å². The first kappa shape index (κ1) is 23.4. The first-order chi connectivity index (χ1) is 16.1. The number of rotatable bonds is 11. The van der Waals surface area contributed by atoms with Crippen molar-refractivity contribution in [2.75, 3.05) is 13.2 Å². The summed E-state index contributed by atoms with van der Waals surface area (Å²) >= 11 is 0. The van der Waals surface area contributed by atoms with Gasteiger partial charge in [0.05, 0.1) is 6.54 Å². The summed E-state index contributed by atoms with van der Waals surface area (Å²) in [4.78, 5) is 22.7. The predicted molar refractivity (Wildman–Crippen MR) is 124 cm³/mol. The molecule has 7 nitrogen and oxygen atoms in total. The van der Waals surface area contributed by atoms with E-state index >= 15 is 0 Å². The van der Waals surface area contributed by atoms with Crippen LogP contribution in [0.5, 0.6) is 11.5 Å². The number of benzene rings is 3. The maximum absolute atomic E-state index is 11.9. The first-order valence-electron chi connectivity index (χ1n) is 10.4. The number of nitrogens with one attached hydrogen (secondary N) is 1. The van der Waals surface area contributed by atoms with E-state index in [2.05, 4.69) is 5.32 Å². The van der Waals surface area contributed by atoms with Crippen LogP contribution >= 0.6 is 0 Å². The smallest absolute Gasteiger partial charge is 0.407 e. The predicted octanol–water partition coefficient (Wildman–Crippen LogP) is 4.67. The minimum atomic E-state index is -1.04. The minimum absolute atomic E-state index is 0.175. The topological polar surface area (TPSA) is 94.1 Å². The van der Waals surface area contributed by atoms with Gasteiger partial charge >= 0.3 is 12.1 Å². The molecule has 3 aromatic rings. The maximum Gasteiger partial charge on any atom is 0.407 e. The van der Waals surface area contributed by atoms with Gasteiger partial charge in [0, 0.05) is 6.08 Å². The number of ether oxygens (including phenoxy) is 3. The minimum Gasteiger partial charge on any atom is -0.488 e. The molecule has 3 rings (SSSR count). The SMILES string of the molecule is O=C(O)/C=C/c1ccc(OCc2ccccc2)c(OCCNC(=O)OCc2ccccc2)c1. The molecule has 0 fully saturated rings. The van der Waals surface area contributed by atoms with Crippen molar-refractivity contribution in [3.8, 4) is 11.5 Å². The number of carbonyl (C=O) groups is 2. The normalized spacial score (nSPS) is 10.5. The molecule has 0 aliphatic heterocycles. The summed E-state index contributed by atoms with van der Waals surface area (Å²) in [6, 6.07) is 24.2. The lowest BCUT2D eigenvalue weighted by Crippen LogP contribution is -2.28. The number of carboxylic acids is 1. The Morgan fingerprint density at radius 2 is 1.48 bits per heavy atom. The molecule has 0 saturated carbocycles. The second-order valence-corrected chi connectivity index (χ2v) is 6.99. The number of aliphatic carboxylic acids is 1. The van der Waals surface area contributed by atoms with Gasteiger partial charge in [-0.25, -0.2) is 9.59 Å². The Morgan fingerprint density at radius 3 is 2.15 bits per heavy atom. The Balaban J connectivity index is 1.54. The van der Waals surface area contributed by atoms with Gasteiger partial charge in [0.2, 0.25) is 0 Å². The lowest BCUT2D eigenvalue weighted by molar-refractivity contribution is -0.131. The third-order valence-corrected chi connectivity index (χ3v) is 4.47. The van der Waals surface area contributed by atoms with Gasteiger partial charge in [-0.1, -0.05) is 66.7 Å². The van der Waals surface area contributed by atoms with Gasteiger partial charge in [0.25, 0.3) is 0 Å². The van der Waals surface area contributed by atoms with E-state index in [4.69, 9.17) is 19.3 Å². The molecule has 2 N–H and O–H groups in total. The molecule has 0 unspecified atom stereocenters. The fourth-order valence-electron chi connectivity index (χ4n) is 2.85. The van der Waals surface area contributed by atoms with Crippen LogP contribution in [-0.2, 0) is 22.7 Å². The summed E-state index contributed by atoms with van der Waals surface area (Å²) in [7, 11) is 0. The summed E-state index contributed by atoms with van der Waals surface area (Å²) in [5.74, 6) is -0.0870. The Kier molecular flexibility index (Phi) is 8.91. The number of carboxylic acid groups (broad SMARTS) is 1. The van der Waals surface area contributed by atoms with E-state index in [1.54, 1.807) is 18.2 Å². The molecule has 0 spiro atoms. The van der Waals surface area contributed by atoms with Crippen LogP contribution in [0.3, 0.4) is 0 Å². The lowest BCUT2D eigenvalue weighted by atomic mass is 10.2. The van der Waals surface area contributed by atoms with Gasteiger partial charge in [-0.05, 0) is 34.9 Å². The highest BCUT2D eigenvalue weighted by Gasteiger charge is 2.08. The maximum atomic E-state index is 11.9. The molecule has 0 atom stereocenters. The van der Waals surface area contributed by atoms with E-state index in [0.717, 1.165) is 17.2 Å². The van der Waals surface area contributed by atoms with Crippen molar-refractivity contribution in [1.82, 2.24) is 5.32 Å². The molecular weight excluding hydrogens is 422 g/mol. The van der Waals surface area contributed by atoms with Crippen LogP contribution in [0.1, 0.15) is 16.7 Å². The van der Waals surface area contributed by atoms with E-state index in [1.165, 1.54) is 6.08 Å². The van der Waals surface area contributed by atoms with E-state index < -0.39 is 12.1 Å². The zero-order valence-electron chi connectivity index (χ0n) is 18.0. The molecule has 7 heteroatoms. The largest absolute Gasteiger partial charge is 0.488 e. The van der Waals surface area contributed by atoms with Gasteiger partial charge in [-0.15, -0.1) is 0 Å². The summed E-state index contributed by atoms with van der Waals surface area (Å²) in [5, 5.41) is 11.5. The van der Waals surface area contributed by atoms with Crippen molar-refractivity contribution < 1.29 is 28.9 Å². The molecule has 0 aliphatic carbocycles. The van der Waals surface area contributed by atoms with Crippen molar-refractivity contribution in [3.05, 3.63) is 102 Å². The molecule has 0 radical (unpaired) electrons. The highest BCUT2D eigenvalue weighted by atomic mass is 16.5. The van der Waals surface area contributed by atoms with Gasteiger partial charge in [0.15, 0.2) is 11.5 Å². The monoisotopic (exact) mass is 447 g/mol. The second kappa shape index (κ2) is 12.6. The van der Waals surface area contributed by atoms with E-state index in [-0.39, 0.29) is 19.8 Å². The van der Waals surface area contributed by atoms with Crippen LogP contribution in [0, 0.1) is 0 Å². The van der Waals surface area contributed by atoms with Crippen molar-refractivity contribution >= 4 is 18.1 Å². The molecular formula is C26H25NO6. The van der Waals surface area contributed by atoms with Crippen LogP contribution in [0.2, 0.25) is 0 Å². The fourth-order valence-corrected chi connectivity index (χ4v) is 2.85. The van der Waals surface area contributed by atoms with Gasteiger partial charge in [-0.2, -0.15) is 0 Å². The van der Waals surface area contributed by atoms with E-state index in [0.29, 0.717) is 23.7 Å². The Morgan fingerprint density at radius 1 is 0.818 bits per heavy atom. The summed E-state index contributed by atoms with van der Waals surface area (Å²) in [5.41, 5.74) is 2.55. The lowest BCUT2D eigenvalue weighted by Gasteiger charge is -2.14. The number of alkyl carbamates (subject to hydrolysis) is 1. The second-order valence-electron chi connectivity index (χ2n) is 6.99. The van der Waals surface area contributed by atoms with Gasteiger partial charge < -0.3 is 24.6 Å². The van der Waals surface area contributed by atoms with E-state index in [9.17, 15) is 9.59 Å². The molecule has 0 saturated heterocycles. The molecule has 1 amide bonds. The van der Waals surface area contributed by atoms with Crippen LogP contribution in [0.25, 0.3) is 6.08 Å². The summed E-state index contributed by atoms with van der Waals surface area (Å²) in [6.07, 6.45) is 1.98. The van der Waals surface area contributed by atoms with Gasteiger partial charge in [-0.3, -0.25) is 0 Å². The molecule has 3 aromatic carbocycles. The molecule has 0 heterocycles. The third-order valence-electron chi connectivity index (χ3n) is 4.47. The number of carbonyl (C=O) groups excluding carboxylic acids is 1. The first-order valence-corrected chi connectivity index (χ1v) is 10.4. The third kappa shape index (κ3) is 8.41. The van der Waals surface area contributed by atoms with Crippen molar-refractivity contribution in [2.45, 2.75) is 13.2 Å². The summed E-state index contributed by atoms with van der Waals surface area (Å²) in [6.45, 7) is 0.934. The number of hydrogen-bond acceptors (Lipinski definition) is 5. The molecule has 0 aliphatic rings. The zero-order valence-corrected chi connectivity index (χ0v) is 18.0. The molecule has 0 bridgehead atoms. The summed E-state index contributed by atoms with van der Waals surface area (Å²) < 4.78 is 16.9. The van der Waals surface area contributed by atoms with Crippen molar-refractivity contribution in [1.29, 1.82) is 0 Å².